The predicted octanol–water partition coefficient (Wildman–Crippen LogP) is 2.48. The zero-order valence-corrected chi connectivity index (χ0v) is 10.0. The Hall–Kier alpha value is -1.51. The molecular formula is C14H17NO2. The molecular weight excluding hydrogens is 214 g/mol. The Bertz CT molecular complexity index is 473. The molecule has 17 heavy (non-hydrogen) atoms. The minimum atomic E-state index is -0.214. The Morgan fingerprint density at radius 2 is 2.41 bits per heavy atom. The summed E-state index contributed by atoms with van der Waals surface area (Å²) in [6, 6.07) is 0. The quantitative estimate of drug-likeness (QED) is 0.627. The Labute approximate surface area is 101 Å². The molecule has 0 fully saturated rings. The third kappa shape index (κ3) is 1.70. The van der Waals surface area contributed by atoms with E-state index in [0.717, 1.165) is 18.8 Å². The predicted molar refractivity (Wildman–Crippen MR) is 64.9 cm³/mol. The van der Waals surface area contributed by atoms with Gasteiger partial charge in [0, 0.05) is 6.20 Å². The van der Waals surface area contributed by atoms with E-state index in [2.05, 4.69) is 17.1 Å². The third-order valence-electron chi connectivity index (χ3n) is 3.91. The van der Waals surface area contributed by atoms with Crippen molar-refractivity contribution in [3.63, 3.8) is 0 Å². The molecule has 1 heterocycles. The van der Waals surface area contributed by atoms with Crippen molar-refractivity contribution in [3.8, 4) is 0 Å². The number of hydrogen-bond donors (Lipinski definition) is 1. The van der Waals surface area contributed by atoms with Crippen molar-refractivity contribution in [2.24, 2.45) is 11.8 Å². The van der Waals surface area contributed by atoms with Crippen LogP contribution >= 0.6 is 0 Å². The van der Waals surface area contributed by atoms with Gasteiger partial charge in [-0.3, -0.25) is 0 Å². The fourth-order valence-electron chi connectivity index (χ4n) is 3.04. The van der Waals surface area contributed by atoms with Crippen LogP contribution in [0.3, 0.4) is 0 Å². The molecule has 1 aromatic heterocycles. The van der Waals surface area contributed by atoms with Gasteiger partial charge in [0.05, 0.1) is 6.61 Å². The molecule has 2 aliphatic carbocycles. The van der Waals surface area contributed by atoms with E-state index in [9.17, 15) is 4.79 Å². The number of H-pyrrole nitrogens is 1. The highest BCUT2D eigenvalue weighted by atomic mass is 16.5. The molecule has 0 bridgehead atoms. The van der Waals surface area contributed by atoms with Crippen molar-refractivity contribution >= 4 is 5.97 Å². The van der Waals surface area contributed by atoms with Crippen LogP contribution in [0.25, 0.3) is 0 Å². The van der Waals surface area contributed by atoms with Crippen LogP contribution in [0.4, 0.5) is 0 Å². The van der Waals surface area contributed by atoms with E-state index in [1.165, 1.54) is 17.5 Å². The maximum atomic E-state index is 11.8. The van der Waals surface area contributed by atoms with Gasteiger partial charge in [-0.05, 0) is 49.1 Å². The van der Waals surface area contributed by atoms with Crippen LogP contribution in [0.5, 0.6) is 0 Å². The Morgan fingerprint density at radius 3 is 3.24 bits per heavy atom. The zero-order chi connectivity index (χ0) is 11.8. The van der Waals surface area contributed by atoms with Gasteiger partial charge in [0.2, 0.25) is 0 Å². The lowest BCUT2D eigenvalue weighted by Gasteiger charge is -2.25. The summed E-state index contributed by atoms with van der Waals surface area (Å²) in [5, 5.41) is 0. The van der Waals surface area contributed by atoms with E-state index in [1.54, 1.807) is 0 Å². The number of nitrogens with one attached hydrogen (secondary N) is 1. The number of rotatable bonds is 2. The normalized spacial score (nSPS) is 25.5. The molecule has 0 saturated carbocycles. The highest BCUT2D eigenvalue weighted by Crippen LogP contribution is 2.38. The van der Waals surface area contributed by atoms with Crippen LogP contribution in [0, 0.1) is 11.8 Å². The summed E-state index contributed by atoms with van der Waals surface area (Å²) in [5.74, 6) is 1.15. The van der Waals surface area contributed by atoms with Crippen LogP contribution in [-0.4, -0.2) is 17.6 Å². The first kappa shape index (κ1) is 10.6. The second-order valence-electron chi connectivity index (χ2n) is 4.88. The third-order valence-corrected chi connectivity index (χ3v) is 3.91. The molecule has 2 atom stereocenters. The van der Waals surface area contributed by atoms with Gasteiger partial charge in [0.25, 0.3) is 0 Å². The van der Waals surface area contributed by atoms with Gasteiger partial charge in [-0.15, -0.1) is 0 Å². The lowest BCUT2D eigenvalue weighted by atomic mass is 9.78. The summed E-state index contributed by atoms with van der Waals surface area (Å²) >= 11 is 0. The molecule has 0 saturated heterocycles. The van der Waals surface area contributed by atoms with E-state index >= 15 is 0 Å². The number of carbonyl (C=O) groups excluding carboxylic acids is 1. The first-order valence-corrected chi connectivity index (χ1v) is 6.32. The van der Waals surface area contributed by atoms with Gasteiger partial charge < -0.3 is 9.72 Å². The number of hydrogen-bond acceptors (Lipinski definition) is 2. The number of aromatic nitrogens is 1. The lowest BCUT2D eigenvalue weighted by molar-refractivity contribution is 0.0518. The molecule has 0 aromatic carbocycles. The van der Waals surface area contributed by atoms with E-state index < -0.39 is 0 Å². The summed E-state index contributed by atoms with van der Waals surface area (Å²) in [5.41, 5.74) is 3.15. The second-order valence-corrected chi connectivity index (χ2v) is 4.88. The van der Waals surface area contributed by atoms with Gasteiger partial charge in [0.1, 0.15) is 5.69 Å². The van der Waals surface area contributed by atoms with Gasteiger partial charge in [-0.2, -0.15) is 0 Å². The average molecular weight is 231 g/mol. The highest BCUT2D eigenvalue weighted by molar-refractivity contribution is 5.89. The first-order chi connectivity index (χ1) is 8.29. The molecule has 1 N–H and O–H groups in total. The molecule has 90 valence electrons. The summed E-state index contributed by atoms with van der Waals surface area (Å²) in [6.45, 7) is 2.27. The van der Waals surface area contributed by atoms with E-state index in [1.807, 2.05) is 13.1 Å². The van der Waals surface area contributed by atoms with E-state index in [-0.39, 0.29) is 5.97 Å². The Balaban J connectivity index is 1.90. The summed E-state index contributed by atoms with van der Waals surface area (Å²) in [6.07, 6.45) is 9.81. The number of carbonyl (C=O) groups is 1. The van der Waals surface area contributed by atoms with Gasteiger partial charge in [0.15, 0.2) is 0 Å². The lowest BCUT2D eigenvalue weighted by Crippen LogP contribution is -2.21. The Kier molecular flexibility index (Phi) is 2.54. The van der Waals surface area contributed by atoms with E-state index in [4.69, 9.17) is 4.74 Å². The number of ether oxygens (including phenoxy) is 1. The maximum absolute atomic E-state index is 11.8. The highest BCUT2D eigenvalue weighted by Gasteiger charge is 2.32. The standard InChI is InChI=1S/C14H17NO2/c1-2-17-14(16)13-12-7-10-5-3-4-9(10)6-11(12)8-15-13/h3,5,8-10,15H,2,4,6-7H2,1H3. The summed E-state index contributed by atoms with van der Waals surface area (Å²) in [7, 11) is 0. The fourth-order valence-corrected chi connectivity index (χ4v) is 3.04. The molecule has 2 aliphatic rings. The van der Waals surface area contributed by atoms with Gasteiger partial charge in [-0.1, -0.05) is 12.2 Å². The van der Waals surface area contributed by atoms with Crippen LogP contribution in [0.15, 0.2) is 18.3 Å². The molecule has 3 nitrogen and oxygen atoms in total. The molecule has 0 radical (unpaired) electrons. The largest absolute Gasteiger partial charge is 0.461 e. The summed E-state index contributed by atoms with van der Waals surface area (Å²) < 4.78 is 5.08. The Morgan fingerprint density at radius 1 is 1.53 bits per heavy atom. The molecule has 1 aromatic rings. The van der Waals surface area contributed by atoms with E-state index in [0.29, 0.717) is 18.2 Å². The minimum Gasteiger partial charge on any atom is -0.461 e. The van der Waals surface area contributed by atoms with Crippen molar-refractivity contribution in [1.29, 1.82) is 0 Å². The molecule has 3 rings (SSSR count). The van der Waals surface area contributed by atoms with Gasteiger partial charge in [-0.25, -0.2) is 4.79 Å². The molecule has 0 amide bonds. The second kappa shape index (κ2) is 4.06. The fraction of sp³-hybridized carbons (Fsp3) is 0.500. The summed E-state index contributed by atoms with van der Waals surface area (Å²) in [4.78, 5) is 14.9. The zero-order valence-electron chi connectivity index (χ0n) is 10.0. The van der Waals surface area contributed by atoms with Crippen LogP contribution < -0.4 is 0 Å². The average Bonchev–Trinajstić information content (AvgIpc) is 2.91. The maximum Gasteiger partial charge on any atom is 0.355 e. The molecule has 0 spiro atoms. The number of aromatic amines is 1. The molecule has 3 heteroatoms. The number of fused-ring (bicyclic) bond motifs is 2. The van der Waals surface area contributed by atoms with Crippen LogP contribution in [0.1, 0.15) is 35.0 Å². The van der Waals surface area contributed by atoms with Gasteiger partial charge >= 0.3 is 5.97 Å². The topological polar surface area (TPSA) is 42.1 Å². The van der Waals surface area contributed by atoms with Crippen molar-refractivity contribution in [2.75, 3.05) is 6.61 Å². The first-order valence-electron chi connectivity index (χ1n) is 6.32. The van der Waals surface area contributed by atoms with Crippen molar-refractivity contribution in [1.82, 2.24) is 4.98 Å². The minimum absolute atomic E-state index is 0.214. The van der Waals surface area contributed by atoms with Crippen molar-refractivity contribution < 1.29 is 9.53 Å². The monoisotopic (exact) mass is 231 g/mol. The molecule has 2 unspecified atom stereocenters. The number of esters is 1. The van der Waals surface area contributed by atoms with Crippen molar-refractivity contribution in [3.05, 3.63) is 35.2 Å². The SMILES string of the molecule is CCOC(=O)c1[nH]cc2c1CC1C=CCC1C2. The smallest absolute Gasteiger partial charge is 0.355 e. The number of allylic oxidation sites excluding steroid dienone is 2. The molecule has 0 aliphatic heterocycles. The van der Waals surface area contributed by atoms with Crippen molar-refractivity contribution in [2.45, 2.75) is 26.2 Å². The van der Waals surface area contributed by atoms with Crippen LogP contribution in [-0.2, 0) is 17.6 Å². The van der Waals surface area contributed by atoms with Crippen LogP contribution in [0.2, 0.25) is 0 Å².